The Balaban J connectivity index is 0.00000242. The van der Waals surface area contributed by atoms with Crippen LogP contribution in [0.15, 0.2) is 12.1 Å². The summed E-state index contributed by atoms with van der Waals surface area (Å²) < 4.78 is 38.5. The highest BCUT2D eigenvalue weighted by molar-refractivity contribution is 5.85. The van der Waals surface area contributed by atoms with E-state index < -0.39 is 35.9 Å². The molecule has 0 amide bonds. The molecular weight excluding hydrogens is 325 g/mol. The zero-order valence-corrected chi connectivity index (χ0v) is 12.4. The molecule has 0 spiro atoms. The molecule has 0 aromatic heterocycles. The second-order valence-electron chi connectivity index (χ2n) is 5.02. The number of alkyl halides is 3. The van der Waals surface area contributed by atoms with Crippen LogP contribution in [0.2, 0.25) is 0 Å². The molecule has 1 aromatic rings. The van der Waals surface area contributed by atoms with Crippen molar-refractivity contribution in [2.24, 2.45) is 0 Å². The summed E-state index contributed by atoms with van der Waals surface area (Å²) >= 11 is 0. The fraction of sp³-hybridized carbons (Fsp3) is 0.538. The van der Waals surface area contributed by atoms with E-state index in [1.54, 1.807) is 4.90 Å². The van der Waals surface area contributed by atoms with Crippen molar-refractivity contribution in [1.82, 2.24) is 10.2 Å². The van der Waals surface area contributed by atoms with E-state index in [1.165, 1.54) is 0 Å². The van der Waals surface area contributed by atoms with E-state index in [0.717, 1.165) is 12.1 Å². The van der Waals surface area contributed by atoms with Gasteiger partial charge < -0.3 is 20.6 Å². The smallest absolute Gasteiger partial charge is 0.390 e. The predicted molar refractivity (Wildman–Crippen MR) is 76.5 cm³/mol. The Morgan fingerprint density at radius 3 is 2.05 bits per heavy atom. The van der Waals surface area contributed by atoms with Gasteiger partial charge in [-0.05, 0) is 0 Å². The van der Waals surface area contributed by atoms with Crippen molar-refractivity contribution in [1.29, 1.82) is 0 Å². The molecule has 1 atom stereocenters. The maximum atomic E-state index is 12.8. The Labute approximate surface area is 131 Å². The van der Waals surface area contributed by atoms with Gasteiger partial charge in [-0.1, -0.05) is 0 Å². The fourth-order valence-corrected chi connectivity index (χ4v) is 2.58. The Kier molecular flexibility index (Phi) is 6.16. The van der Waals surface area contributed by atoms with E-state index in [-0.39, 0.29) is 18.0 Å². The standard InChI is InChI=1S/C13H17F3N2O3.ClH/c14-13(15,16)7-9(18-3-1-17-2-4-18)12-10(20)5-8(19)6-11(12)21;/h5-6,9,17,19-21H,1-4,7H2;1H/t9-;/m1./s1. The number of hydrogen-bond acceptors (Lipinski definition) is 5. The Morgan fingerprint density at radius 2 is 1.59 bits per heavy atom. The average molecular weight is 343 g/mol. The minimum atomic E-state index is -4.44. The number of benzene rings is 1. The van der Waals surface area contributed by atoms with Crippen molar-refractivity contribution in [3.8, 4) is 17.2 Å². The SMILES string of the molecule is Cl.Oc1cc(O)c([C@@H](CC(F)(F)F)N2CCNCC2)c(O)c1. The zero-order chi connectivity index (χ0) is 15.6. The lowest BCUT2D eigenvalue weighted by molar-refractivity contribution is -0.148. The topological polar surface area (TPSA) is 76.0 Å². The second-order valence-corrected chi connectivity index (χ2v) is 5.02. The molecule has 1 aliphatic rings. The first-order chi connectivity index (χ1) is 9.78. The molecule has 0 unspecified atom stereocenters. The number of hydrogen-bond donors (Lipinski definition) is 4. The monoisotopic (exact) mass is 342 g/mol. The number of phenols is 3. The van der Waals surface area contributed by atoms with Gasteiger partial charge in [-0.25, -0.2) is 0 Å². The van der Waals surface area contributed by atoms with E-state index in [9.17, 15) is 28.5 Å². The summed E-state index contributed by atoms with van der Waals surface area (Å²) in [4.78, 5) is 1.57. The normalized spacial score (nSPS) is 17.8. The molecule has 1 heterocycles. The summed E-state index contributed by atoms with van der Waals surface area (Å²) in [6, 6.07) is 0.675. The Morgan fingerprint density at radius 1 is 1.09 bits per heavy atom. The van der Waals surface area contributed by atoms with Gasteiger partial charge in [-0.3, -0.25) is 4.90 Å². The predicted octanol–water partition coefficient (Wildman–Crippen LogP) is 2.12. The number of halogens is 4. The van der Waals surface area contributed by atoms with E-state index in [4.69, 9.17) is 0 Å². The molecular formula is C13H18ClF3N2O3. The van der Waals surface area contributed by atoms with Gasteiger partial charge in [0, 0.05) is 38.3 Å². The van der Waals surface area contributed by atoms with Gasteiger partial charge >= 0.3 is 6.18 Å². The summed E-state index contributed by atoms with van der Waals surface area (Å²) in [5.74, 6) is -1.49. The molecule has 0 bridgehead atoms. The number of nitrogens with zero attached hydrogens (tertiary/aromatic N) is 1. The fourth-order valence-electron chi connectivity index (χ4n) is 2.58. The Hall–Kier alpha value is -1.38. The third-order valence-corrected chi connectivity index (χ3v) is 3.47. The van der Waals surface area contributed by atoms with E-state index in [2.05, 4.69) is 5.32 Å². The molecule has 0 saturated carbocycles. The quantitative estimate of drug-likeness (QED) is 0.677. The molecule has 2 rings (SSSR count). The highest BCUT2D eigenvalue weighted by Gasteiger charge is 2.38. The third-order valence-electron chi connectivity index (χ3n) is 3.47. The Bertz CT molecular complexity index is 485. The van der Waals surface area contributed by atoms with Crippen LogP contribution in [0.1, 0.15) is 18.0 Å². The van der Waals surface area contributed by atoms with Gasteiger partial charge in [0.2, 0.25) is 0 Å². The molecule has 1 aliphatic heterocycles. The molecule has 9 heteroatoms. The van der Waals surface area contributed by atoms with Crippen molar-refractivity contribution in [2.45, 2.75) is 18.6 Å². The van der Waals surface area contributed by atoms with Gasteiger partial charge in [0.05, 0.1) is 18.0 Å². The van der Waals surface area contributed by atoms with Crippen LogP contribution < -0.4 is 5.32 Å². The lowest BCUT2D eigenvalue weighted by atomic mass is 9.98. The van der Waals surface area contributed by atoms with Crippen molar-refractivity contribution in [2.75, 3.05) is 26.2 Å². The van der Waals surface area contributed by atoms with Gasteiger partial charge in [0.15, 0.2) is 0 Å². The van der Waals surface area contributed by atoms with Gasteiger partial charge in [-0.15, -0.1) is 12.4 Å². The number of piperazine rings is 1. The lowest BCUT2D eigenvalue weighted by Crippen LogP contribution is -2.46. The maximum Gasteiger partial charge on any atom is 0.390 e. The van der Waals surface area contributed by atoms with Crippen LogP contribution in [0.5, 0.6) is 17.2 Å². The van der Waals surface area contributed by atoms with Crippen LogP contribution in [-0.2, 0) is 0 Å². The average Bonchev–Trinajstić information content (AvgIpc) is 2.36. The number of nitrogens with one attached hydrogen (secondary N) is 1. The van der Waals surface area contributed by atoms with Gasteiger partial charge in [-0.2, -0.15) is 13.2 Å². The number of phenolic OH excluding ortho intramolecular Hbond substituents is 3. The first kappa shape index (κ1) is 18.7. The first-order valence-corrected chi connectivity index (χ1v) is 6.54. The summed E-state index contributed by atoms with van der Waals surface area (Å²) in [5, 5.41) is 32.0. The molecule has 1 aromatic carbocycles. The molecule has 22 heavy (non-hydrogen) atoms. The lowest BCUT2D eigenvalue weighted by Gasteiger charge is -2.36. The van der Waals surface area contributed by atoms with Crippen LogP contribution >= 0.6 is 12.4 Å². The summed E-state index contributed by atoms with van der Waals surface area (Å²) in [5.41, 5.74) is -0.202. The number of rotatable bonds is 3. The minimum Gasteiger partial charge on any atom is -0.508 e. The van der Waals surface area contributed by atoms with Crippen molar-refractivity contribution in [3.05, 3.63) is 17.7 Å². The summed E-state index contributed by atoms with van der Waals surface area (Å²) in [6.45, 7) is 1.82. The van der Waals surface area contributed by atoms with Gasteiger partial charge in [0.1, 0.15) is 17.2 Å². The second kappa shape index (κ2) is 7.26. The molecule has 126 valence electrons. The van der Waals surface area contributed by atoms with E-state index in [1.807, 2.05) is 0 Å². The van der Waals surface area contributed by atoms with Crippen molar-refractivity contribution in [3.63, 3.8) is 0 Å². The molecule has 4 N–H and O–H groups in total. The maximum absolute atomic E-state index is 12.8. The van der Waals surface area contributed by atoms with Crippen LogP contribution in [0.3, 0.4) is 0 Å². The third kappa shape index (κ3) is 4.56. The van der Waals surface area contributed by atoms with Crippen molar-refractivity contribution < 1.29 is 28.5 Å². The zero-order valence-electron chi connectivity index (χ0n) is 11.6. The van der Waals surface area contributed by atoms with Crippen LogP contribution in [-0.4, -0.2) is 52.6 Å². The molecule has 0 aliphatic carbocycles. The van der Waals surface area contributed by atoms with Gasteiger partial charge in [0.25, 0.3) is 0 Å². The highest BCUT2D eigenvalue weighted by atomic mass is 35.5. The van der Waals surface area contributed by atoms with Crippen LogP contribution in [0.25, 0.3) is 0 Å². The summed E-state index contributed by atoms with van der Waals surface area (Å²) in [7, 11) is 0. The molecule has 1 saturated heterocycles. The van der Waals surface area contributed by atoms with E-state index >= 15 is 0 Å². The van der Waals surface area contributed by atoms with Crippen molar-refractivity contribution >= 4 is 12.4 Å². The van der Waals surface area contributed by atoms with E-state index in [0.29, 0.717) is 26.2 Å². The minimum absolute atomic E-state index is 0. The van der Waals surface area contributed by atoms with Crippen LogP contribution in [0.4, 0.5) is 13.2 Å². The largest absolute Gasteiger partial charge is 0.508 e. The summed E-state index contributed by atoms with van der Waals surface area (Å²) in [6.07, 6.45) is -5.62. The highest BCUT2D eigenvalue weighted by Crippen LogP contribution is 2.43. The first-order valence-electron chi connectivity index (χ1n) is 6.54. The molecule has 5 nitrogen and oxygen atoms in total. The molecule has 0 radical (unpaired) electrons. The molecule has 1 fully saturated rings. The van der Waals surface area contributed by atoms with Crippen LogP contribution in [0, 0.1) is 0 Å². The number of aromatic hydroxyl groups is 3.